The fourth-order valence-electron chi connectivity index (χ4n) is 2.30. The van der Waals surface area contributed by atoms with Crippen molar-refractivity contribution < 1.29 is 14.6 Å². The third kappa shape index (κ3) is 4.22. The quantitative estimate of drug-likeness (QED) is 0.560. The smallest absolute Gasteiger partial charge is 0.336 e. The number of benzene rings is 1. The monoisotopic (exact) mass is 288 g/mol. The third-order valence-corrected chi connectivity index (χ3v) is 3.28. The van der Waals surface area contributed by atoms with Gasteiger partial charge in [0.2, 0.25) is 0 Å². The van der Waals surface area contributed by atoms with Crippen LogP contribution in [0.2, 0.25) is 0 Å². The fraction of sp³-hybridized carbons (Fsp3) is 0.389. The van der Waals surface area contributed by atoms with E-state index in [1.54, 1.807) is 13.0 Å². The Labute approximate surface area is 127 Å². The molecule has 1 aromatic carbocycles. The number of aryl methyl sites for hydroxylation is 1. The molecular weight excluding hydrogens is 264 g/mol. The number of unbranched alkanes of at least 4 members (excludes halogenated alkanes) is 1. The molecule has 3 nitrogen and oxygen atoms in total. The lowest BCUT2D eigenvalue weighted by atomic mass is 9.93. The zero-order chi connectivity index (χ0) is 15.8. The van der Waals surface area contributed by atoms with Crippen molar-refractivity contribution in [3.05, 3.63) is 47.1 Å². The SMILES string of the molecule is C=CCc1c(OCCCC)cc(C)c(C(=O)O)c1/C=C/C. The first-order valence-electron chi connectivity index (χ1n) is 7.32. The number of hydrogen-bond donors (Lipinski definition) is 1. The molecule has 0 aliphatic heterocycles. The molecule has 0 radical (unpaired) electrons. The number of aromatic carboxylic acids is 1. The van der Waals surface area contributed by atoms with Crippen LogP contribution in [0.3, 0.4) is 0 Å². The van der Waals surface area contributed by atoms with Gasteiger partial charge in [0.1, 0.15) is 5.75 Å². The van der Waals surface area contributed by atoms with Crippen molar-refractivity contribution in [2.45, 2.75) is 40.0 Å². The molecule has 0 aliphatic carbocycles. The van der Waals surface area contributed by atoms with Gasteiger partial charge in [-0.3, -0.25) is 0 Å². The molecule has 0 fully saturated rings. The van der Waals surface area contributed by atoms with Crippen LogP contribution >= 0.6 is 0 Å². The van der Waals surface area contributed by atoms with E-state index in [1.165, 1.54) is 0 Å². The molecule has 1 aromatic rings. The molecule has 1 rings (SSSR count). The minimum Gasteiger partial charge on any atom is -0.493 e. The van der Waals surface area contributed by atoms with Crippen molar-refractivity contribution in [2.75, 3.05) is 6.61 Å². The van der Waals surface area contributed by atoms with E-state index in [-0.39, 0.29) is 0 Å². The maximum Gasteiger partial charge on any atom is 0.336 e. The van der Waals surface area contributed by atoms with Gasteiger partial charge >= 0.3 is 5.97 Å². The Kier molecular flexibility index (Phi) is 6.73. The first-order chi connectivity index (χ1) is 10.1. The number of rotatable bonds is 8. The summed E-state index contributed by atoms with van der Waals surface area (Å²) in [6, 6.07) is 1.82. The Balaban J connectivity index is 3.43. The highest BCUT2D eigenvalue weighted by molar-refractivity contribution is 5.95. The first-order valence-corrected chi connectivity index (χ1v) is 7.32. The standard InChI is InChI=1S/C18H24O3/c1-5-8-11-21-16-12-13(4)17(18(19)20)15(10-7-3)14(16)9-6-2/h6-7,10,12H,2,5,8-9,11H2,1,3-4H3,(H,19,20)/b10-7+. The molecule has 0 aliphatic rings. The van der Waals surface area contributed by atoms with Crippen molar-refractivity contribution in [2.24, 2.45) is 0 Å². The zero-order valence-corrected chi connectivity index (χ0v) is 13.1. The summed E-state index contributed by atoms with van der Waals surface area (Å²) < 4.78 is 5.86. The van der Waals surface area contributed by atoms with Crippen LogP contribution in [0.4, 0.5) is 0 Å². The van der Waals surface area contributed by atoms with Crippen molar-refractivity contribution in [3.8, 4) is 5.75 Å². The molecule has 0 spiro atoms. The second-order valence-corrected chi connectivity index (χ2v) is 4.96. The van der Waals surface area contributed by atoms with Gasteiger partial charge in [-0.1, -0.05) is 31.6 Å². The summed E-state index contributed by atoms with van der Waals surface area (Å²) in [5, 5.41) is 9.47. The Hall–Kier alpha value is -2.03. The van der Waals surface area contributed by atoms with Crippen LogP contribution in [0.1, 0.15) is 53.7 Å². The molecule has 0 bridgehead atoms. The highest BCUT2D eigenvalue weighted by Gasteiger charge is 2.19. The average molecular weight is 288 g/mol. The van der Waals surface area contributed by atoms with Crippen molar-refractivity contribution in [3.63, 3.8) is 0 Å². The topological polar surface area (TPSA) is 46.5 Å². The second kappa shape index (κ2) is 8.30. The van der Waals surface area contributed by atoms with Crippen LogP contribution in [0, 0.1) is 6.92 Å². The van der Waals surface area contributed by atoms with Crippen molar-refractivity contribution >= 4 is 12.0 Å². The molecule has 0 unspecified atom stereocenters. The third-order valence-electron chi connectivity index (χ3n) is 3.28. The molecule has 0 saturated heterocycles. The van der Waals surface area contributed by atoms with E-state index >= 15 is 0 Å². The number of carboxylic acid groups (broad SMARTS) is 1. The first kappa shape index (κ1) is 17.0. The number of carboxylic acids is 1. The number of ether oxygens (including phenoxy) is 1. The molecule has 0 saturated carbocycles. The molecule has 1 N–H and O–H groups in total. The summed E-state index contributed by atoms with van der Waals surface area (Å²) in [4.78, 5) is 11.5. The van der Waals surface area contributed by atoms with Crippen LogP contribution in [0.25, 0.3) is 6.08 Å². The highest BCUT2D eigenvalue weighted by atomic mass is 16.5. The fourth-order valence-corrected chi connectivity index (χ4v) is 2.30. The average Bonchev–Trinajstić information content (AvgIpc) is 2.42. The van der Waals surface area contributed by atoms with E-state index < -0.39 is 5.97 Å². The summed E-state index contributed by atoms with van der Waals surface area (Å²) in [5.74, 6) is -0.148. The minimum absolute atomic E-state index is 0.341. The van der Waals surface area contributed by atoms with E-state index in [0.29, 0.717) is 18.6 Å². The van der Waals surface area contributed by atoms with Crippen LogP contribution in [0.5, 0.6) is 5.75 Å². The molecular formula is C18H24O3. The van der Waals surface area contributed by atoms with Crippen LogP contribution in [-0.4, -0.2) is 17.7 Å². The molecule has 3 heteroatoms. The lowest BCUT2D eigenvalue weighted by Crippen LogP contribution is -2.09. The molecule has 21 heavy (non-hydrogen) atoms. The lowest BCUT2D eigenvalue weighted by molar-refractivity contribution is 0.0695. The van der Waals surface area contributed by atoms with Gasteiger partial charge in [-0.25, -0.2) is 4.79 Å². The van der Waals surface area contributed by atoms with Gasteiger partial charge in [0.05, 0.1) is 12.2 Å². The van der Waals surface area contributed by atoms with Gasteiger partial charge in [0.25, 0.3) is 0 Å². The Morgan fingerprint density at radius 3 is 2.71 bits per heavy atom. The summed E-state index contributed by atoms with van der Waals surface area (Å²) in [5.41, 5.74) is 2.67. The van der Waals surface area contributed by atoms with Crippen molar-refractivity contribution in [1.29, 1.82) is 0 Å². The Morgan fingerprint density at radius 2 is 2.19 bits per heavy atom. The molecule has 0 aromatic heterocycles. The van der Waals surface area contributed by atoms with Crippen LogP contribution in [0.15, 0.2) is 24.8 Å². The van der Waals surface area contributed by atoms with Gasteiger partial charge in [-0.05, 0) is 43.9 Å². The highest BCUT2D eigenvalue weighted by Crippen LogP contribution is 2.31. The molecule has 0 amide bonds. The second-order valence-electron chi connectivity index (χ2n) is 4.96. The maximum absolute atomic E-state index is 11.5. The van der Waals surface area contributed by atoms with E-state index in [4.69, 9.17) is 4.74 Å². The Bertz CT molecular complexity index is 542. The predicted molar refractivity (Wildman–Crippen MR) is 87.2 cm³/mol. The van der Waals surface area contributed by atoms with Gasteiger partial charge in [0.15, 0.2) is 0 Å². The van der Waals surface area contributed by atoms with Crippen molar-refractivity contribution in [1.82, 2.24) is 0 Å². The maximum atomic E-state index is 11.5. The molecule has 0 atom stereocenters. The van der Waals surface area contributed by atoms with E-state index in [2.05, 4.69) is 13.5 Å². The normalized spacial score (nSPS) is 10.8. The largest absolute Gasteiger partial charge is 0.493 e. The minimum atomic E-state index is -0.911. The summed E-state index contributed by atoms with van der Waals surface area (Å²) in [7, 11) is 0. The van der Waals surface area contributed by atoms with Crippen LogP contribution < -0.4 is 4.74 Å². The molecule has 0 heterocycles. The van der Waals surface area contributed by atoms with E-state index in [9.17, 15) is 9.90 Å². The predicted octanol–water partition coefficient (Wildman–Crippen LogP) is 4.63. The molecule has 114 valence electrons. The van der Waals surface area contributed by atoms with Gasteiger partial charge in [-0.2, -0.15) is 0 Å². The summed E-state index contributed by atoms with van der Waals surface area (Å²) >= 11 is 0. The van der Waals surface area contributed by atoms with E-state index in [0.717, 1.165) is 35.3 Å². The Morgan fingerprint density at radius 1 is 1.48 bits per heavy atom. The van der Waals surface area contributed by atoms with Crippen LogP contribution in [-0.2, 0) is 6.42 Å². The number of allylic oxidation sites excluding steroid dienone is 2. The van der Waals surface area contributed by atoms with Gasteiger partial charge in [-0.15, -0.1) is 6.58 Å². The summed E-state index contributed by atoms with van der Waals surface area (Å²) in [6.07, 6.45) is 8.08. The number of carbonyl (C=O) groups is 1. The lowest BCUT2D eigenvalue weighted by Gasteiger charge is -2.17. The number of hydrogen-bond acceptors (Lipinski definition) is 2. The summed E-state index contributed by atoms with van der Waals surface area (Å²) in [6.45, 7) is 10.2. The van der Waals surface area contributed by atoms with Gasteiger partial charge in [0, 0.05) is 5.56 Å². The zero-order valence-electron chi connectivity index (χ0n) is 13.1. The van der Waals surface area contributed by atoms with E-state index in [1.807, 2.05) is 25.1 Å². The van der Waals surface area contributed by atoms with Gasteiger partial charge < -0.3 is 9.84 Å².